The predicted molar refractivity (Wildman–Crippen MR) is 75.6 cm³/mol. The molecule has 1 heterocycles. The molecule has 2 rings (SSSR count). The molecule has 1 aromatic heterocycles. The van der Waals surface area contributed by atoms with E-state index >= 15 is 0 Å². The molecule has 2 aromatic rings. The standard InChI is InChI=1S/C14H10F3N3O3/c15-10-7-18-14(22)20-12(10)19-11(21)6-3-8-1-4-9(5-2-8)23-13(16)17/h1-7,13H,(H2,18,19,20,21,22)/b6-3+. The predicted octanol–water partition coefficient (Wildman–Crippen LogP) is 2.16. The Hall–Kier alpha value is -3.10. The maximum Gasteiger partial charge on any atom is 0.387 e. The van der Waals surface area contributed by atoms with Crippen LogP contribution in [0.25, 0.3) is 6.08 Å². The summed E-state index contributed by atoms with van der Waals surface area (Å²) in [7, 11) is 0. The van der Waals surface area contributed by atoms with E-state index < -0.39 is 29.8 Å². The lowest BCUT2D eigenvalue weighted by molar-refractivity contribution is -0.111. The number of aromatic nitrogens is 2. The van der Waals surface area contributed by atoms with Crippen molar-refractivity contribution in [3.8, 4) is 5.75 Å². The van der Waals surface area contributed by atoms with Crippen molar-refractivity contribution in [2.24, 2.45) is 0 Å². The highest BCUT2D eigenvalue weighted by molar-refractivity contribution is 6.01. The molecular formula is C14H10F3N3O3. The van der Waals surface area contributed by atoms with Crippen molar-refractivity contribution in [2.75, 3.05) is 5.32 Å². The normalized spacial score (nSPS) is 11.0. The minimum absolute atomic E-state index is 0.0157. The number of benzene rings is 1. The highest BCUT2D eigenvalue weighted by Gasteiger charge is 2.06. The molecule has 0 unspecified atom stereocenters. The average molecular weight is 325 g/mol. The SMILES string of the molecule is O=C(/C=C/c1ccc(OC(F)F)cc1)Nc1[nH]c(=O)ncc1F. The van der Waals surface area contributed by atoms with E-state index in [1.807, 2.05) is 4.98 Å². The second-order valence-corrected chi connectivity index (χ2v) is 4.18. The molecule has 0 atom stereocenters. The van der Waals surface area contributed by atoms with Crippen molar-refractivity contribution >= 4 is 17.8 Å². The van der Waals surface area contributed by atoms with Gasteiger partial charge in [0.15, 0.2) is 11.6 Å². The Balaban J connectivity index is 2.00. The summed E-state index contributed by atoms with van der Waals surface area (Å²) in [5.74, 6) is -2.00. The van der Waals surface area contributed by atoms with Gasteiger partial charge in [0.2, 0.25) is 5.91 Å². The van der Waals surface area contributed by atoms with Gasteiger partial charge >= 0.3 is 12.3 Å². The number of carbonyl (C=O) groups is 1. The Morgan fingerprint density at radius 3 is 2.65 bits per heavy atom. The number of nitrogens with zero attached hydrogens (tertiary/aromatic N) is 1. The van der Waals surface area contributed by atoms with E-state index in [1.165, 1.54) is 30.3 Å². The summed E-state index contributed by atoms with van der Waals surface area (Å²) < 4.78 is 41.5. The molecule has 120 valence electrons. The second kappa shape index (κ2) is 7.25. The Morgan fingerprint density at radius 1 is 1.30 bits per heavy atom. The van der Waals surface area contributed by atoms with Gasteiger partial charge < -0.3 is 10.1 Å². The molecule has 23 heavy (non-hydrogen) atoms. The van der Waals surface area contributed by atoms with Gasteiger partial charge in [0.05, 0.1) is 6.20 Å². The summed E-state index contributed by atoms with van der Waals surface area (Å²) in [6.07, 6.45) is 3.14. The highest BCUT2D eigenvalue weighted by atomic mass is 19.3. The number of nitrogens with one attached hydrogen (secondary N) is 2. The lowest BCUT2D eigenvalue weighted by Gasteiger charge is -2.04. The fourth-order valence-electron chi connectivity index (χ4n) is 1.57. The summed E-state index contributed by atoms with van der Waals surface area (Å²) in [6.45, 7) is -2.92. The number of amides is 1. The Morgan fingerprint density at radius 2 is 2.00 bits per heavy atom. The molecule has 0 aliphatic rings. The molecule has 1 amide bonds. The number of H-pyrrole nitrogens is 1. The van der Waals surface area contributed by atoms with Gasteiger partial charge in [-0.15, -0.1) is 0 Å². The first kappa shape index (κ1) is 16.3. The lowest BCUT2D eigenvalue weighted by atomic mass is 10.2. The molecule has 0 spiro atoms. The summed E-state index contributed by atoms with van der Waals surface area (Å²) in [6, 6.07) is 5.53. The third-order valence-electron chi connectivity index (χ3n) is 2.55. The molecule has 0 radical (unpaired) electrons. The quantitative estimate of drug-likeness (QED) is 0.825. The number of carbonyl (C=O) groups excluding carboxylic acids is 1. The first-order chi connectivity index (χ1) is 10.9. The molecule has 0 saturated carbocycles. The molecule has 0 saturated heterocycles. The van der Waals surface area contributed by atoms with E-state index in [1.54, 1.807) is 0 Å². The molecular weight excluding hydrogens is 315 g/mol. The summed E-state index contributed by atoms with van der Waals surface area (Å²) in [5.41, 5.74) is -0.272. The molecule has 0 bridgehead atoms. The number of anilines is 1. The van der Waals surface area contributed by atoms with Crippen LogP contribution in [0.3, 0.4) is 0 Å². The fraction of sp³-hybridized carbons (Fsp3) is 0.0714. The monoisotopic (exact) mass is 325 g/mol. The van der Waals surface area contributed by atoms with Crippen LogP contribution >= 0.6 is 0 Å². The van der Waals surface area contributed by atoms with Crippen LogP contribution in [0.2, 0.25) is 0 Å². The molecule has 0 aliphatic heterocycles. The Labute approximate surface area is 127 Å². The summed E-state index contributed by atoms with van der Waals surface area (Å²) >= 11 is 0. The third-order valence-corrected chi connectivity index (χ3v) is 2.55. The van der Waals surface area contributed by atoms with Gasteiger partial charge in [-0.05, 0) is 23.8 Å². The van der Waals surface area contributed by atoms with Crippen LogP contribution in [0.15, 0.2) is 41.3 Å². The smallest absolute Gasteiger partial charge is 0.387 e. The van der Waals surface area contributed by atoms with Crippen LogP contribution < -0.4 is 15.7 Å². The fourth-order valence-corrected chi connectivity index (χ4v) is 1.57. The minimum atomic E-state index is -2.92. The van der Waals surface area contributed by atoms with Gasteiger partial charge in [0.25, 0.3) is 0 Å². The van der Waals surface area contributed by atoms with Gasteiger partial charge in [-0.25, -0.2) is 9.18 Å². The van der Waals surface area contributed by atoms with Gasteiger partial charge in [0, 0.05) is 6.08 Å². The molecule has 2 N–H and O–H groups in total. The van der Waals surface area contributed by atoms with Crippen molar-refractivity contribution in [1.29, 1.82) is 0 Å². The number of alkyl halides is 2. The van der Waals surface area contributed by atoms with E-state index in [4.69, 9.17) is 0 Å². The number of halogens is 3. The van der Waals surface area contributed by atoms with Crippen LogP contribution in [0.4, 0.5) is 19.0 Å². The van der Waals surface area contributed by atoms with Gasteiger partial charge in [-0.1, -0.05) is 12.1 Å². The molecule has 0 fully saturated rings. The van der Waals surface area contributed by atoms with Crippen molar-refractivity contribution < 1.29 is 22.7 Å². The number of rotatable bonds is 5. The average Bonchev–Trinajstić information content (AvgIpc) is 2.50. The molecule has 0 aliphatic carbocycles. The Bertz CT molecular complexity index is 773. The topological polar surface area (TPSA) is 84.1 Å². The maximum absolute atomic E-state index is 13.3. The van der Waals surface area contributed by atoms with Crippen molar-refractivity contribution in [2.45, 2.75) is 6.61 Å². The minimum Gasteiger partial charge on any atom is -0.435 e. The zero-order chi connectivity index (χ0) is 16.8. The van der Waals surface area contributed by atoms with Crippen LogP contribution in [-0.4, -0.2) is 22.5 Å². The van der Waals surface area contributed by atoms with E-state index in [-0.39, 0.29) is 5.75 Å². The number of aromatic amines is 1. The number of ether oxygens (including phenoxy) is 1. The second-order valence-electron chi connectivity index (χ2n) is 4.18. The van der Waals surface area contributed by atoms with E-state index in [0.29, 0.717) is 11.8 Å². The largest absolute Gasteiger partial charge is 0.435 e. The first-order valence-electron chi connectivity index (χ1n) is 6.23. The van der Waals surface area contributed by atoms with Crippen molar-refractivity contribution in [1.82, 2.24) is 9.97 Å². The van der Waals surface area contributed by atoms with Crippen LogP contribution in [0.1, 0.15) is 5.56 Å². The summed E-state index contributed by atoms with van der Waals surface area (Å²) in [5, 5.41) is 2.14. The lowest BCUT2D eigenvalue weighted by Crippen LogP contribution is -2.18. The van der Waals surface area contributed by atoms with Crippen LogP contribution in [-0.2, 0) is 4.79 Å². The van der Waals surface area contributed by atoms with Crippen LogP contribution in [0.5, 0.6) is 5.75 Å². The van der Waals surface area contributed by atoms with Gasteiger partial charge in [0.1, 0.15) is 5.75 Å². The van der Waals surface area contributed by atoms with Gasteiger partial charge in [-0.3, -0.25) is 9.78 Å². The highest BCUT2D eigenvalue weighted by Crippen LogP contribution is 2.15. The van der Waals surface area contributed by atoms with E-state index in [9.17, 15) is 22.8 Å². The zero-order valence-electron chi connectivity index (χ0n) is 11.4. The number of hydrogen-bond donors (Lipinski definition) is 2. The van der Waals surface area contributed by atoms with Crippen molar-refractivity contribution in [3.05, 3.63) is 58.4 Å². The van der Waals surface area contributed by atoms with E-state index in [2.05, 4.69) is 15.0 Å². The summed E-state index contributed by atoms with van der Waals surface area (Å²) in [4.78, 5) is 27.8. The first-order valence-corrected chi connectivity index (χ1v) is 6.23. The molecule has 9 heteroatoms. The zero-order valence-corrected chi connectivity index (χ0v) is 11.4. The van der Waals surface area contributed by atoms with Crippen molar-refractivity contribution in [3.63, 3.8) is 0 Å². The van der Waals surface area contributed by atoms with Gasteiger partial charge in [-0.2, -0.15) is 13.8 Å². The number of hydrogen-bond acceptors (Lipinski definition) is 4. The third kappa shape index (κ3) is 4.99. The van der Waals surface area contributed by atoms with E-state index in [0.717, 1.165) is 6.08 Å². The Kier molecular flexibility index (Phi) is 5.13. The van der Waals surface area contributed by atoms with Crippen LogP contribution in [0, 0.1) is 5.82 Å². The molecule has 6 nitrogen and oxygen atoms in total. The molecule has 1 aromatic carbocycles. The maximum atomic E-state index is 13.3.